The van der Waals surface area contributed by atoms with Gasteiger partial charge in [-0.2, -0.15) is 0 Å². The summed E-state index contributed by atoms with van der Waals surface area (Å²) < 4.78 is 41.8. The molecule has 1 aliphatic heterocycles. The Morgan fingerprint density at radius 2 is 1.54 bits per heavy atom. The summed E-state index contributed by atoms with van der Waals surface area (Å²) in [5, 5.41) is 0.701. The monoisotopic (exact) mass is 488 g/mol. The number of fused-ring (bicyclic) bond motifs is 1. The zero-order valence-electron chi connectivity index (χ0n) is 20.6. The first-order valence-electron chi connectivity index (χ1n) is 11.7. The minimum absolute atomic E-state index is 0.220. The zero-order chi connectivity index (χ0) is 25.0. The summed E-state index contributed by atoms with van der Waals surface area (Å²) in [6.07, 6.45) is 2.06. The largest absolute Gasteiger partial charge is 0.495 e. The quantitative estimate of drug-likeness (QED) is 0.388. The van der Waals surface area contributed by atoms with E-state index in [0.29, 0.717) is 23.1 Å². The summed E-state index contributed by atoms with van der Waals surface area (Å²) in [4.78, 5) is 4.75. The molecule has 1 aliphatic rings. The number of benzene rings is 2. The van der Waals surface area contributed by atoms with E-state index in [4.69, 9.17) is 9.31 Å². The van der Waals surface area contributed by atoms with Crippen LogP contribution < -0.4 is 5.46 Å². The molecule has 0 amide bonds. The zero-order valence-corrected chi connectivity index (χ0v) is 21.5. The molecule has 4 aromatic rings. The van der Waals surface area contributed by atoms with Crippen molar-refractivity contribution in [1.29, 1.82) is 0 Å². The Kier molecular flexibility index (Phi) is 5.66. The van der Waals surface area contributed by atoms with Crippen LogP contribution in [0.15, 0.2) is 77.8 Å². The van der Waals surface area contributed by atoms with Crippen molar-refractivity contribution in [1.82, 2.24) is 8.96 Å². The molecular formula is C27H29BN2O4S. The van der Waals surface area contributed by atoms with Gasteiger partial charge in [0.1, 0.15) is 0 Å². The third-order valence-corrected chi connectivity index (χ3v) is 8.82. The number of hydrogen-bond donors (Lipinski definition) is 0. The van der Waals surface area contributed by atoms with Crippen LogP contribution in [0, 0.1) is 6.92 Å². The molecule has 8 heteroatoms. The lowest BCUT2D eigenvalue weighted by Gasteiger charge is -2.32. The van der Waals surface area contributed by atoms with Gasteiger partial charge in [-0.15, -0.1) is 0 Å². The van der Waals surface area contributed by atoms with Gasteiger partial charge in [-0.3, -0.25) is 0 Å². The lowest BCUT2D eigenvalue weighted by Crippen LogP contribution is -2.41. The van der Waals surface area contributed by atoms with Crippen LogP contribution >= 0.6 is 0 Å². The molecule has 0 radical (unpaired) electrons. The number of aromatic nitrogens is 2. The van der Waals surface area contributed by atoms with Crippen LogP contribution in [0.3, 0.4) is 0 Å². The molecule has 2 aromatic carbocycles. The summed E-state index contributed by atoms with van der Waals surface area (Å²) in [7, 11) is -4.53. The van der Waals surface area contributed by atoms with Crippen molar-refractivity contribution in [2.24, 2.45) is 0 Å². The van der Waals surface area contributed by atoms with E-state index < -0.39 is 28.3 Å². The van der Waals surface area contributed by atoms with E-state index in [1.165, 1.54) is 3.97 Å². The fourth-order valence-corrected chi connectivity index (χ4v) is 5.82. The predicted molar refractivity (Wildman–Crippen MR) is 138 cm³/mol. The molecule has 2 aromatic heterocycles. The van der Waals surface area contributed by atoms with E-state index in [1.807, 2.05) is 77.1 Å². The van der Waals surface area contributed by atoms with Crippen molar-refractivity contribution in [2.45, 2.75) is 57.1 Å². The van der Waals surface area contributed by atoms with E-state index in [1.54, 1.807) is 30.5 Å². The molecule has 1 saturated heterocycles. The van der Waals surface area contributed by atoms with Crippen LogP contribution in [-0.2, 0) is 25.8 Å². The van der Waals surface area contributed by atoms with Gasteiger partial charge in [-0.1, -0.05) is 48.0 Å². The van der Waals surface area contributed by atoms with E-state index in [-0.39, 0.29) is 4.90 Å². The van der Waals surface area contributed by atoms with Crippen molar-refractivity contribution in [3.8, 4) is 0 Å². The van der Waals surface area contributed by atoms with Crippen LogP contribution in [0.5, 0.6) is 0 Å². The van der Waals surface area contributed by atoms with Gasteiger partial charge in [0, 0.05) is 23.7 Å². The van der Waals surface area contributed by atoms with Crippen LogP contribution in [0.2, 0.25) is 0 Å². The molecule has 3 heterocycles. The maximum atomic E-state index is 13.9. The lowest BCUT2D eigenvalue weighted by atomic mass is 9.78. The normalized spacial score (nSPS) is 17.2. The highest BCUT2D eigenvalue weighted by Crippen LogP contribution is 2.37. The standard InChI is InChI=1S/C27H29BN2O4S/c1-19-11-13-22(14-12-19)35(31,32)30-21(17-20-9-7-6-8-10-20)18-23-24(15-16-29-25(23)30)28-33-26(2,3)27(4,5)34-28/h6-16,18H,17H2,1-5H3. The number of pyridine rings is 1. The smallest absolute Gasteiger partial charge is 0.399 e. The molecular weight excluding hydrogens is 459 g/mol. The Labute approximate surface area is 207 Å². The Hall–Kier alpha value is -2.94. The van der Waals surface area contributed by atoms with Gasteiger partial charge in [-0.25, -0.2) is 17.4 Å². The summed E-state index contributed by atoms with van der Waals surface area (Å²) >= 11 is 0. The first-order valence-corrected chi connectivity index (χ1v) is 13.1. The summed E-state index contributed by atoms with van der Waals surface area (Å²) in [6.45, 7) is 9.93. The molecule has 35 heavy (non-hydrogen) atoms. The second-order valence-corrected chi connectivity index (χ2v) is 11.9. The number of aryl methyl sites for hydroxylation is 1. The topological polar surface area (TPSA) is 70.4 Å². The average molecular weight is 488 g/mol. The van der Waals surface area contributed by atoms with Gasteiger partial charge in [0.25, 0.3) is 10.0 Å². The number of rotatable bonds is 5. The Morgan fingerprint density at radius 1 is 0.914 bits per heavy atom. The van der Waals surface area contributed by atoms with Crippen LogP contribution in [0.25, 0.3) is 11.0 Å². The van der Waals surface area contributed by atoms with Gasteiger partial charge < -0.3 is 9.31 Å². The van der Waals surface area contributed by atoms with Crippen LogP contribution in [0.1, 0.15) is 44.5 Å². The SMILES string of the molecule is Cc1ccc(S(=O)(=O)n2c(Cc3ccccc3)cc3c(B4OC(C)(C)C(C)(C)O4)ccnc32)cc1. The molecule has 0 spiro atoms. The van der Waals surface area contributed by atoms with Gasteiger partial charge in [0.15, 0.2) is 5.65 Å². The second kappa shape index (κ2) is 8.33. The van der Waals surface area contributed by atoms with E-state index >= 15 is 0 Å². The van der Waals surface area contributed by atoms with Crippen molar-refractivity contribution >= 4 is 33.6 Å². The van der Waals surface area contributed by atoms with E-state index in [0.717, 1.165) is 16.6 Å². The average Bonchev–Trinajstić information content (AvgIpc) is 3.27. The highest BCUT2D eigenvalue weighted by molar-refractivity contribution is 7.90. The minimum Gasteiger partial charge on any atom is -0.399 e. The minimum atomic E-state index is -3.90. The Morgan fingerprint density at radius 3 is 2.17 bits per heavy atom. The lowest BCUT2D eigenvalue weighted by molar-refractivity contribution is 0.00578. The number of hydrogen-bond acceptors (Lipinski definition) is 5. The molecule has 1 fully saturated rings. The van der Waals surface area contributed by atoms with E-state index in [9.17, 15) is 8.42 Å². The first-order chi connectivity index (χ1) is 16.5. The number of nitrogens with zero attached hydrogens (tertiary/aromatic N) is 2. The van der Waals surface area contributed by atoms with Crippen LogP contribution in [0.4, 0.5) is 0 Å². The molecule has 0 atom stereocenters. The van der Waals surface area contributed by atoms with Crippen molar-refractivity contribution < 1.29 is 17.7 Å². The van der Waals surface area contributed by atoms with Crippen molar-refractivity contribution in [3.63, 3.8) is 0 Å². The van der Waals surface area contributed by atoms with Crippen LogP contribution in [-0.4, -0.2) is 35.7 Å². The predicted octanol–water partition coefficient (Wildman–Crippen LogP) is 4.47. The first kappa shape index (κ1) is 23.8. The Bertz CT molecular complexity index is 1480. The highest BCUT2D eigenvalue weighted by Gasteiger charge is 2.52. The molecule has 0 aliphatic carbocycles. The fourth-order valence-electron chi connectivity index (χ4n) is 4.33. The van der Waals surface area contributed by atoms with Crippen molar-refractivity contribution in [3.05, 3.63) is 89.7 Å². The third kappa shape index (κ3) is 4.09. The molecule has 5 rings (SSSR count). The van der Waals surface area contributed by atoms with Gasteiger partial charge in [0.05, 0.1) is 16.1 Å². The van der Waals surface area contributed by atoms with Gasteiger partial charge in [-0.05, 0) is 69.9 Å². The molecule has 6 nitrogen and oxygen atoms in total. The summed E-state index contributed by atoms with van der Waals surface area (Å²) in [5.41, 5.74) is 2.72. The Balaban J connectivity index is 1.71. The third-order valence-electron chi connectivity index (χ3n) is 7.06. The summed E-state index contributed by atoms with van der Waals surface area (Å²) in [6, 6.07) is 20.5. The fraction of sp³-hybridized carbons (Fsp3) is 0.296. The maximum absolute atomic E-state index is 13.9. The van der Waals surface area contributed by atoms with Gasteiger partial charge >= 0.3 is 7.12 Å². The molecule has 0 N–H and O–H groups in total. The molecule has 180 valence electrons. The molecule has 0 unspecified atom stereocenters. The maximum Gasteiger partial charge on any atom is 0.495 e. The van der Waals surface area contributed by atoms with Gasteiger partial charge in [0.2, 0.25) is 0 Å². The highest BCUT2D eigenvalue weighted by atomic mass is 32.2. The van der Waals surface area contributed by atoms with Crippen molar-refractivity contribution in [2.75, 3.05) is 0 Å². The molecule has 0 saturated carbocycles. The second-order valence-electron chi connectivity index (χ2n) is 10.1. The summed E-state index contributed by atoms with van der Waals surface area (Å²) in [5.74, 6) is 0. The van der Waals surface area contributed by atoms with E-state index in [2.05, 4.69) is 4.98 Å². The molecule has 0 bridgehead atoms.